The molecular weight excluding hydrogens is 480 g/mol. The van der Waals surface area contributed by atoms with Gasteiger partial charge in [-0.1, -0.05) is 30.4 Å². The number of nitrogens with zero attached hydrogens (tertiary/aromatic N) is 5. The lowest BCUT2D eigenvalue weighted by atomic mass is 9.95. The zero-order chi connectivity index (χ0) is 25.5. The Morgan fingerprint density at radius 2 is 1.84 bits per heavy atom. The minimum absolute atomic E-state index is 0.121. The molecule has 1 aliphatic rings. The second-order valence-electron chi connectivity index (χ2n) is 9.19. The standard InChI is InChI=1S/C29H26N6OS/c1-4-22-8-5-21(16-31-22)26-24-11-12-25-28(37-29(33-25)32-18(3)36)27(24)35(34-26)23-9-6-19(7-10-23)20-13-14-30-17(2)15-20/h5-10,13-16H,4,11-12H2,1-3H3,(H,32,33,36). The van der Waals surface area contributed by atoms with Gasteiger partial charge in [-0.25, -0.2) is 9.67 Å². The summed E-state index contributed by atoms with van der Waals surface area (Å²) in [5, 5.41) is 8.61. The number of rotatable bonds is 5. The summed E-state index contributed by atoms with van der Waals surface area (Å²) in [5.74, 6) is -0.121. The Bertz CT molecular complexity index is 1620. The number of carbonyl (C=O) groups excluding carboxylic acids is 1. The van der Waals surface area contributed by atoms with E-state index in [2.05, 4.69) is 64.7 Å². The minimum atomic E-state index is -0.121. The Kier molecular flexibility index (Phi) is 5.88. The van der Waals surface area contributed by atoms with Crippen LogP contribution in [0.15, 0.2) is 60.9 Å². The van der Waals surface area contributed by atoms with E-state index in [9.17, 15) is 4.79 Å². The number of nitrogens with one attached hydrogen (secondary N) is 1. The van der Waals surface area contributed by atoms with Crippen LogP contribution in [0.5, 0.6) is 0 Å². The average molecular weight is 507 g/mol. The number of aromatic nitrogens is 5. The van der Waals surface area contributed by atoms with E-state index in [1.807, 2.05) is 30.1 Å². The number of carbonyl (C=O) groups is 1. The van der Waals surface area contributed by atoms with Crippen molar-refractivity contribution in [1.29, 1.82) is 0 Å². The van der Waals surface area contributed by atoms with Crippen LogP contribution in [0, 0.1) is 6.92 Å². The number of hydrogen-bond acceptors (Lipinski definition) is 6. The number of thiazole rings is 1. The maximum atomic E-state index is 11.7. The van der Waals surface area contributed by atoms with Gasteiger partial charge in [0.05, 0.1) is 27.6 Å². The van der Waals surface area contributed by atoms with Crippen molar-refractivity contribution >= 4 is 22.4 Å². The number of hydrogen-bond donors (Lipinski definition) is 1. The van der Waals surface area contributed by atoms with E-state index in [1.165, 1.54) is 23.8 Å². The summed E-state index contributed by atoms with van der Waals surface area (Å²) in [6, 6.07) is 16.7. The summed E-state index contributed by atoms with van der Waals surface area (Å²) in [7, 11) is 0. The zero-order valence-corrected chi connectivity index (χ0v) is 21.8. The van der Waals surface area contributed by atoms with Crippen LogP contribution in [-0.2, 0) is 24.1 Å². The fourth-order valence-corrected chi connectivity index (χ4v) is 5.90. The van der Waals surface area contributed by atoms with Gasteiger partial charge in [0.2, 0.25) is 5.91 Å². The number of fused-ring (bicyclic) bond motifs is 3. The van der Waals surface area contributed by atoms with E-state index in [4.69, 9.17) is 10.1 Å². The average Bonchev–Trinajstić information content (AvgIpc) is 3.49. The molecule has 0 saturated heterocycles. The summed E-state index contributed by atoms with van der Waals surface area (Å²) in [6.07, 6.45) is 6.28. The maximum absolute atomic E-state index is 11.7. The first kappa shape index (κ1) is 23.2. The number of aryl methyl sites for hydroxylation is 3. The Morgan fingerprint density at radius 3 is 2.54 bits per heavy atom. The van der Waals surface area contributed by atoms with Crippen LogP contribution in [0.4, 0.5) is 5.13 Å². The molecule has 0 bridgehead atoms. The molecule has 0 spiro atoms. The molecule has 37 heavy (non-hydrogen) atoms. The zero-order valence-electron chi connectivity index (χ0n) is 20.9. The van der Waals surface area contributed by atoms with Gasteiger partial charge in [0.25, 0.3) is 0 Å². The van der Waals surface area contributed by atoms with Crippen LogP contribution in [0.25, 0.3) is 38.6 Å². The van der Waals surface area contributed by atoms with Crippen molar-refractivity contribution in [3.8, 4) is 38.6 Å². The van der Waals surface area contributed by atoms with Crippen molar-refractivity contribution in [3.63, 3.8) is 0 Å². The van der Waals surface area contributed by atoms with Crippen molar-refractivity contribution in [1.82, 2.24) is 24.7 Å². The third-order valence-corrected chi connectivity index (χ3v) is 7.61. The van der Waals surface area contributed by atoms with E-state index < -0.39 is 0 Å². The highest BCUT2D eigenvalue weighted by Crippen LogP contribution is 2.44. The minimum Gasteiger partial charge on any atom is -0.302 e. The molecule has 4 aromatic heterocycles. The van der Waals surface area contributed by atoms with Crippen LogP contribution in [0.1, 0.15) is 36.5 Å². The van der Waals surface area contributed by atoms with Crippen LogP contribution in [-0.4, -0.2) is 30.6 Å². The maximum Gasteiger partial charge on any atom is 0.223 e. The molecule has 5 aromatic rings. The third-order valence-electron chi connectivity index (χ3n) is 6.59. The molecule has 6 rings (SSSR count). The summed E-state index contributed by atoms with van der Waals surface area (Å²) < 4.78 is 2.02. The molecule has 1 amide bonds. The lowest BCUT2D eigenvalue weighted by molar-refractivity contribution is -0.114. The predicted octanol–water partition coefficient (Wildman–Crippen LogP) is 6.05. The molecule has 0 saturated carbocycles. The summed E-state index contributed by atoms with van der Waals surface area (Å²) in [6.45, 7) is 5.61. The van der Waals surface area contributed by atoms with E-state index >= 15 is 0 Å². The number of anilines is 1. The Balaban J connectivity index is 1.49. The van der Waals surface area contributed by atoms with Crippen LogP contribution in [0.3, 0.4) is 0 Å². The second kappa shape index (κ2) is 9.37. The van der Waals surface area contributed by atoms with Crippen molar-refractivity contribution in [3.05, 3.63) is 83.6 Å². The largest absolute Gasteiger partial charge is 0.302 e. The van der Waals surface area contributed by atoms with Gasteiger partial charge in [-0.2, -0.15) is 5.10 Å². The summed E-state index contributed by atoms with van der Waals surface area (Å²) >= 11 is 1.50. The normalized spacial score (nSPS) is 12.2. The highest BCUT2D eigenvalue weighted by atomic mass is 32.1. The number of pyridine rings is 2. The quantitative estimate of drug-likeness (QED) is 0.314. The van der Waals surface area contributed by atoms with Gasteiger partial charge in [-0.3, -0.25) is 14.8 Å². The summed E-state index contributed by atoms with van der Waals surface area (Å²) in [5.41, 5.74) is 10.4. The molecule has 0 radical (unpaired) electrons. The summed E-state index contributed by atoms with van der Waals surface area (Å²) in [4.78, 5) is 26.4. The Labute approximate surface area is 219 Å². The van der Waals surface area contributed by atoms with Gasteiger partial charge in [-0.15, -0.1) is 0 Å². The molecule has 0 fully saturated rings. The first-order valence-electron chi connectivity index (χ1n) is 12.4. The van der Waals surface area contributed by atoms with Crippen molar-refractivity contribution < 1.29 is 4.79 Å². The number of amides is 1. The van der Waals surface area contributed by atoms with Crippen LogP contribution in [0.2, 0.25) is 0 Å². The molecule has 0 atom stereocenters. The molecule has 0 unspecified atom stereocenters. The van der Waals surface area contributed by atoms with E-state index in [1.54, 1.807) is 0 Å². The molecule has 0 aliphatic heterocycles. The Hall–Kier alpha value is -4.17. The first-order valence-corrected chi connectivity index (χ1v) is 13.2. The van der Waals surface area contributed by atoms with Gasteiger partial charge in [-0.05, 0) is 73.7 Å². The van der Waals surface area contributed by atoms with Crippen molar-refractivity contribution in [2.45, 2.75) is 40.0 Å². The fourth-order valence-electron chi connectivity index (χ4n) is 4.79. The molecule has 7 nitrogen and oxygen atoms in total. The lowest BCUT2D eigenvalue weighted by Gasteiger charge is -2.14. The second-order valence-corrected chi connectivity index (χ2v) is 10.2. The molecule has 184 valence electrons. The van der Waals surface area contributed by atoms with E-state index in [0.29, 0.717) is 5.13 Å². The van der Waals surface area contributed by atoms with Gasteiger partial charge < -0.3 is 5.32 Å². The molecule has 1 N–H and O–H groups in total. The molecular formula is C29H26N6OS. The topological polar surface area (TPSA) is 85.6 Å². The van der Waals surface area contributed by atoms with Crippen LogP contribution < -0.4 is 5.32 Å². The van der Waals surface area contributed by atoms with Crippen LogP contribution >= 0.6 is 11.3 Å². The molecule has 4 heterocycles. The SMILES string of the molecule is CCc1ccc(-c2nn(-c3ccc(-c4ccnc(C)c4)cc3)c3c2CCc2nc(NC(C)=O)sc2-3)cn1. The highest BCUT2D eigenvalue weighted by molar-refractivity contribution is 7.19. The first-order chi connectivity index (χ1) is 18.0. The van der Waals surface area contributed by atoms with Gasteiger partial charge >= 0.3 is 0 Å². The van der Waals surface area contributed by atoms with Crippen molar-refractivity contribution in [2.24, 2.45) is 0 Å². The number of benzene rings is 1. The highest BCUT2D eigenvalue weighted by Gasteiger charge is 2.30. The molecule has 1 aromatic carbocycles. The smallest absolute Gasteiger partial charge is 0.223 e. The fraction of sp³-hybridized carbons (Fsp3) is 0.207. The van der Waals surface area contributed by atoms with Crippen molar-refractivity contribution in [2.75, 3.05) is 5.32 Å². The van der Waals surface area contributed by atoms with Gasteiger partial charge in [0.15, 0.2) is 5.13 Å². The predicted molar refractivity (Wildman–Crippen MR) is 147 cm³/mol. The van der Waals surface area contributed by atoms with Gasteiger partial charge in [0, 0.05) is 41.8 Å². The molecule has 8 heteroatoms. The van der Waals surface area contributed by atoms with Gasteiger partial charge in [0.1, 0.15) is 0 Å². The lowest BCUT2D eigenvalue weighted by Crippen LogP contribution is -2.07. The molecule has 1 aliphatic carbocycles. The monoisotopic (exact) mass is 506 g/mol. The van der Waals surface area contributed by atoms with E-state index in [-0.39, 0.29) is 5.91 Å². The Morgan fingerprint density at radius 1 is 1.03 bits per heavy atom. The third kappa shape index (κ3) is 4.34. The van der Waals surface area contributed by atoms with E-state index in [0.717, 1.165) is 75.0 Å².